The summed E-state index contributed by atoms with van der Waals surface area (Å²) in [5, 5.41) is 2.28. The quantitative estimate of drug-likeness (QED) is 0.790. The van der Waals surface area contributed by atoms with Crippen molar-refractivity contribution in [2.24, 2.45) is 0 Å². The fourth-order valence-electron chi connectivity index (χ4n) is 1.25. The van der Waals surface area contributed by atoms with Gasteiger partial charge in [-0.25, -0.2) is 4.98 Å². The molecule has 1 aromatic rings. The zero-order chi connectivity index (χ0) is 11.1. The van der Waals surface area contributed by atoms with E-state index in [9.17, 15) is 13.2 Å². The Morgan fingerprint density at radius 1 is 1.40 bits per heavy atom. The second-order valence-electron chi connectivity index (χ2n) is 3.51. The molecule has 7 heteroatoms. The first-order valence-electron chi connectivity index (χ1n) is 4.36. The molecule has 1 fully saturated rings. The molecule has 1 aliphatic carbocycles. The van der Waals surface area contributed by atoms with Crippen LogP contribution in [0.25, 0.3) is 0 Å². The number of nitrogens with two attached hydrogens (primary N) is 1. The molecule has 1 aliphatic rings. The minimum atomic E-state index is -4.28. The van der Waals surface area contributed by atoms with Crippen molar-refractivity contribution >= 4 is 11.8 Å². The highest BCUT2D eigenvalue weighted by molar-refractivity contribution is 5.40. The minimum Gasteiger partial charge on any atom is -0.384 e. The van der Waals surface area contributed by atoms with E-state index < -0.39 is 11.7 Å². The maximum absolute atomic E-state index is 12.5. The molecular formula is C8H9F3N4. The van der Waals surface area contributed by atoms with E-state index in [1.54, 1.807) is 0 Å². The van der Waals surface area contributed by atoms with Crippen molar-refractivity contribution < 1.29 is 13.2 Å². The summed E-state index contributed by atoms with van der Waals surface area (Å²) < 4.78 is 37.6. The first kappa shape index (κ1) is 10.0. The van der Waals surface area contributed by atoms with Gasteiger partial charge in [-0.3, -0.25) is 0 Å². The number of nitrogen functional groups attached to an aromatic ring is 1. The lowest BCUT2D eigenvalue weighted by molar-refractivity contribution is -0.151. The first-order chi connectivity index (χ1) is 6.93. The van der Waals surface area contributed by atoms with E-state index in [0.29, 0.717) is 0 Å². The van der Waals surface area contributed by atoms with Crippen molar-refractivity contribution in [1.29, 1.82) is 0 Å². The van der Waals surface area contributed by atoms with Gasteiger partial charge in [0, 0.05) is 6.20 Å². The average Bonchev–Trinajstić information content (AvgIpc) is 2.84. The third kappa shape index (κ3) is 1.81. The Morgan fingerprint density at radius 3 is 2.53 bits per heavy atom. The van der Waals surface area contributed by atoms with Gasteiger partial charge in [0.15, 0.2) is 0 Å². The number of aromatic nitrogens is 2. The predicted molar refractivity (Wildman–Crippen MR) is 48.1 cm³/mol. The van der Waals surface area contributed by atoms with Crippen LogP contribution in [0.1, 0.15) is 12.8 Å². The summed E-state index contributed by atoms with van der Waals surface area (Å²) in [6.45, 7) is 0. The van der Waals surface area contributed by atoms with E-state index in [2.05, 4.69) is 15.3 Å². The number of hydrogen-bond donors (Lipinski definition) is 2. The normalized spacial score (nSPS) is 18.6. The van der Waals surface area contributed by atoms with Gasteiger partial charge < -0.3 is 11.1 Å². The molecule has 2 rings (SSSR count). The zero-order valence-corrected chi connectivity index (χ0v) is 7.67. The van der Waals surface area contributed by atoms with Crippen molar-refractivity contribution in [2.45, 2.75) is 24.6 Å². The molecule has 1 heterocycles. The third-order valence-corrected chi connectivity index (χ3v) is 2.32. The van der Waals surface area contributed by atoms with Crippen molar-refractivity contribution in [2.75, 3.05) is 11.1 Å². The van der Waals surface area contributed by atoms with E-state index in [0.717, 1.165) is 0 Å². The summed E-state index contributed by atoms with van der Waals surface area (Å²) in [6, 6.07) is 1.42. The number of alkyl halides is 3. The summed E-state index contributed by atoms with van der Waals surface area (Å²) >= 11 is 0. The highest BCUT2D eigenvalue weighted by Crippen LogP contribution is 2.50. The number of hydrogen-bond acceptors (Lipinski definition) is 4. The second-order valence-corrected chi connectivity index (χ2v) is 3.51. The Morgan fingerprint density at radius 2 is 2.07 bits per heavy atom. The van der Waals surface area contributed by atoms with Crippen LogP contribution in [-0.2, 0) is 0 Å². The molecule has 0 saturated heterocycles. The molecule has 0 aromatic carbocycles. The van der Waals surface area contributed by atoms with E-state index in [1.165, 1.54) is 12.3 Å². The van der Waals surface area contributed by atoms with Crippen LogP contribution in [0.3, 0.4) is 0 Å². The smallest absolute Gasteiger partial charge is 0.384 e. The summed E-state index contributed by atoms with van der Waals surface area (Å²) in [4.78, 5) is 7.34. The van der Waals surface area contributed by atoms with Gasteiger partial charge in [-0.1, -0.05) is 0 Å². The van der Waals surface area contributed by atoms with Crippen LogP contribution in [0.5, 0.6) is 0 Å². The highest BCUT2D eigenvalue weighted by atomic mass is 19.4. The zero-order valence-electron chi connectivity index (χ0n) is 7.67. The summed E-state index contributed by atoms with van der Waals surface area (Å²) in [5.74, 6) is 0.0651. The molecule has 0 aliphatic heterocycles. The van der Waals surface area contributed by atoms with Crippen LogP contribution < -0.4 is 11.1 Å². The van der Waals surface area contributed by atoms with Gasteiger partial charge in [-0.2, -0.15) is 18.2 Å². The van der Waals surface area contributed by atoms with Crippen LogP contribution in [0, 0.1) is 0 Å². The number of anilines is 2. The maximum atomic E-state index is 12.5. The summed E-state index contributed by atoms with van der Waals surface area (Å²) in [7, 11) is 0. The van der Waals surface area contributed by atoms with Gasteiger partial charge in [0.1, 0.15) is 11.4 Å². The lowest BCUT2D eigenvalue weighted by Gasteiger charge is -2.20. The van der Waals surface area contributed by atoms with E-state index >= 15 is 0 Å². The van der Waals surface area contributed by atoms with Gasteiger partial charge >= 0.3 is 6.18 Å². The molecular weight excluding hydrogens is 209 g/mol. The molecule has 0 amide bonds. The molecule has 0 spiro atoms. The molecule has 0 atom stereocenters. The average molecular weight is 218 g/mol. The lowest BCUT2D eigenvalue weighted by Crippen LogP contribution is -2.39. The standard InChI is InChI=1S/C8H9F3N4/c9-8(10,11)7(2-3-7)15-6-13-4-1-5(12)14-6/h1,4H,2-3H2,(H3,12,13,14,15). The Hall–Kier alpha value is -1.53. The van der Waals surface area contributed by atoms with Crippen LogP contribution in [0.15, 0.2) is 12.3 Å². The number of halogens is 3. The van der Waals surface area contributed by atoms with Crippen molar-refractivity contribution in [3.05, 3.63) is 12.3 Å². The van der Waals surface area contributed by atoms with Gasteiger partial charge in [0.2, 0.25) is 5.95 Å². The molecule has 0 unspecified atom stereocenters. The fourth-order valence-corrected chi connectivity index (χ4v) is 1.25. The van der Waals surface area contributed by atoms with Gasteiger partial charge in [-0.15, -0.1) is 0 Å². The summed E-state index contributed by atoms with van der Waals surface area (Å²) in [6.07, 6.45) is -2.86. The van der Waals surface area contributed by atoms with E-state index in [4.69, 9.17) is 5.73 Å². The summed E-state index contributed by atoms with van der Waals surface area (Å²) in [5.41, 5.74) is 3.49. The van der Waals surface area contributed by atoms with E-state index in [1.807, 2.05) is 0 Å². The van der Waals surface area contributed by atoms with Crippen molar-refractivity contribution in [3.63, 3.8) is 0 Å². The molecule has 0 radical (unpaired) electrons. The molecule has 1 saturated carbocycles. The monoisotopic (exact) mass is 218 g/mol. The molecule has 3 N–H and O–H groups in total. The third-order valence-electron chi connectivity index (χ3n) is 2.32. The number of nitrogens with zero attached hydrogens (tertiary/aromatic N) is 2. The second kappa shape index (κ2) is 2.98. The van der Waals surface area contributed by atoms with Crippen LogP contribution in [0.4, 0.5) is 24.9 Å². The molecule has 15 heavy (non-hydrogen) atoms. The topological polar surface area (TPSA) is 63.8 Å². The van der Waals surface area contributed by atoms with Crippen LogP contribution >= 0.6 is 0 Å². The number of nitrogens with one attached hydrogen (secondary N) is 1. The maximum Gasteiger partial charge on any atom is 0.411 e. The largest absolute Gasteiger partial charge is 0.411 e. The Kier molecular flexibility index (Phi) is 1.99. The van der Waals surface area contributed by atoms with Crippen molar-refractivity contribution in [1.82, 2.24) is 9.97 Å². The fraction of sp³-hybridized carbons (Fsp3) is 0.500. The molecule has 4 nitrogen and oxygen atoms in total. The molecule has 0 bridgehead atoms. The van der Waals surface area contributed by atoms with E-state index in [-0.39, 0.29) is 24.6 Å². The van der Waals surface area contributed by atoms with Crippen LogP contribution in [-0.4, -0.2) is 21.7 Å². The predicted octanol–water partition coefficient (Wildman–Crippen LogP) is 1.57. The first-order valence-corrected chi connectivity index (χ1v) is 4.36. The molecule has 82 valence electrons. The van der Waals surface area contributed by atoms with Crippen molar-refractivity contribution in [3.8, 4) is 0 Å². The Labute approximate surface area is 83.7 Å². The Bertz CT molecular complexity index is 372. The SMILES string of the molecule is Nc1ccnc(NC2(C(F)(F)F)CC2)n1. The Balaban J connectivity index is 2.16. The highest BCUT2D eigenvalue weighted by Gasteiger charge is 2.64. The molecule has 1 aromatic heterocycles. The minimum absolute atomic E-state index is 0.0503. The van der Waals surface area contributed by atoms with Crippen LogP contribution in [0.2, 0.25) is 0 Å². The number of rotatable bonds is 2. The van der Waals surface area contributed by atoms with Gasteiger partial charge in [-0.05, 0) is 18.9 Å². The lowest BCUT2D eigenvalue weighted by atomic mass is 10.2. The van der Waals surface area contributed by atoms with Gasteiger partial charge in [0.05, 0.1) is 0 Å². The van der Waals surface area contributed by atoms with Gasteiger partial charge in [0.25, 0.3) is 0 Å².